The van der Waals surface area contributed by atoms with E-state index in [1.54, 1.807) is 6.07 Å². The first-order chi connectivity index (χ1) is 8.56. The van der Waals surface area contributed by atoms with Gasteiger partial charge in [0.05, 0.1) is 12.5 Å². The number of carbonyl (C=O) groups excluding carboxylic acids is 1. The van der Waals surface area contributed by atoms with Gasteiger partial charge in [-0.1, -0.05) is 0 Å². The highest BCUT2D eigenvalue weighted by molar-refractivity contribution is 5.90. The van der Waals surface area contributed by atoms with Gasteiger partial charge in [-0.25, -0.2) is 18.7 Å². The van der Waals surface area contributed by atoms with Gasteiger partial charge in [0.15, 0.2) is 5.65 Å². The topological polar surface area (TPSA) is 77.9 Å². The Hall–Kier alpha value is -2.31. The zero-order valence-corrected chi connectivity index (χ0v) is 9.06. The summed E-state index contributed by atoms with van der Waals surface area (Å²) < 4.78 is 24.0. The van der Waals surface area contributed by atoms with E-state index in [1.807, 2.05) is 0 Å². The maximum Gasteiger partial charge on any atom is 0.255 e. The summed E-state index contributed by atoms with van der Waals surface area (Å²) >= 11 is 0. The number of anilines is 1. The van der Waals surface area contributed by atoms with Crippen molar-refractivity contribution in [2.45, 2.75) is 6.43 Å². The number of carboxylic acid groups (broad SMARTS) is 1. The van der Waals surface area contributed by atoms with Crippen LogP contribution in [0.3, 0.4) is 0 Å². The van der Waals surface area contributed by atoms with Gasteiger partial charge in [-0.3, -0.25) is 0 Å². The lowest BCUT2D eigenvalue weighted by Gasteiger charge is -2.07. The lowest BCUT2D eigenvalue weighted by molar-refractivity contribution is -0.255. The van der Waals surface area contributed by atoms with Crippen LogP contribution in [0.5, 0.6) is 0 Å². The Morgan fingerprint density at radius 3 is 2.89 bits per heavy atom. The highest BCUT2D eigenvalue weighted by atomic mass is 19.3. The van der Waals surface area contributed by atoms with Crippen molar-refractivity contribution in [2.75, 3.05) is 11.9 Å². The van der Waals surface area contributed by atoms with E-state index in [0.29, 0.717) is 5.39 Å². The first-order valence-electron chi connectivity index (χ1n) is 5.06. The van der Waals surface area contributed by atoms with E-state index < -0.39 is 18.9 Å². The Morgan fingerprint density at radius 1 is 1.44 bits per heavy atom. The van der Waals surface area contributed by atoms with E-state index in [-0.39, 0.29) is 17.0 Å². The van der Waals surface area contributed by atoms with Crippen LogP contribution in [0.15, 0.2) is 24.4 Å². The van der Waals surface area contributed by atoms with Crippen molar-refractivity contribution < 1.29 is 18.7 Å². The molecule has 2 rings (SSSR count). The fraction of sp³-hybridized carbons (Fsp3) is 0.182. The Labute approximate surface area is 100 Å². The van der Waals surface area contributed by atoms with E-state index in [0.717, 1.165) is 6.20 Å². The minimum atomic E-state index is -2.48. The summed E-state index contributed by atoms with van der Waals surface area (Å²) in [7, 11) is 0. The molecule has 0 bridgehead atoms. The third-order valence-electron chi connectivity index (χ3n) is 2.22. The molecular weight excluding hydrogens is 244 g/mol. The van der Waals surface area contributed by atoms with Crippen LogP contribution in [0.25, 0.3) is 11.0 Å². The number of carbonyl (C=O) groups is 1. The average Bonchev–Trinajstić information content (AvgIpc) is 2.35. The summed E-state index contributed by atoms with van der Waals surface area (Å²) in [5.74, 6) is -1.07. The normalized spacial score (nSPS) is 10.8. The number of rotatable bonds is 4. The molecular formula is C11H8F2N3O2-. The smallest absolute Gasteiger partial charge is 0.255 e. The highest BCUT2D eigenvalue weighted by Crippen LogP contribution is 2.14. The van der Waals surface area contributed by atoms with Crippen LogP contribution in [0.4, 0.5) is 14.6 Å². The van der Waals surface area contributed by atoms with Crippen molar-refractivity contribution in [1.82, 2.24) is 9.97 Å². The van der Waals surface area contributed by atoms with Crippen molar-refractivity contribution in [3.05, 3.63) is 30.0 Å². The van der Waals surface area contributed by atoms with Crippen molar-refractivity contribution in [2.24, 2.45) is 0 Å². The summed E-state index contributed by atoms with van der Waals surface area (Å²) in [6.07, 6.45) is -1.36. The Morgan fingerprint density at radius 2 is 2.22 bits per heavy atom. The van der Waals surface area contributed by atoms with E-state index in [2.05, 4.69) is 15.3 Å². The number of fused-ring (bicyclic) bond motifs is 1. The molecule has 0 aliphatic rings. The summed E-state index contributed by atoms with van der Waals surface area (Å²) in [5, 5.41) is 13.6. The van der Waals surface area contributed by atoms with Gasteiger partial charge >= 0.3 is 0 Å². The standard InChI is InChI=1S/C11H9F2N3O2/c12-8(13)5-14-9-2-1-6-3-7(11(17)18)4-15-10(6)16-9/h1-4,8H,5H2,(H,17,18)(H,14,15,16)/p-1. The molecule has 0 fully saturated rings. The molecule has 0 radical (unpaired) electrons. The van der Waals surface area contributed by atoms with E-state index in [9.17, 15) is 18.7 Å². The van der Waals surface area contributed by atoms with Crippen LogP contribution < -0.4 is 10.4 Å². The second-order valence-corrected chi connectivity index (χ2v) is 3.53. The van der Waals surface area contributed by atoms with Crippen LogP contribution in [-0.4, -0.2) is 28.9 Å². The number of nitrogens with one attached hydrogen (secondary N) is 1. The molecule has 2 aromatic heterocycles. The van der Waals surface area contributed by atoms with Crippen molar-refractivity contribution in [3.8, 4) is 0 Å². The van der Waals surface area contributed by atoms with Crippen molar-refractivity contribution in [1.29, 1.82) is 0 Å². The minimum Gasteiger partial charge on any atom is -0.545 e. The summed E-state index contributed by atoms with van der Waals surface area (Å²) in [4.78, 5) is 18.4. The SMILES string of the molecule is O=C([O-])c1cnc2nc(NCC(F)F)ccc2c1. The quantitative estimate of drug-likeness (QED) is 0.865. The molecule has 2 aromatic rings. The first-order valence-corrected chi connectivity index (χ1v) is 5.06. The summed E-state index contributed by atoms with van der Waals surface area (Å²) in [5.41, 5.74) is 0.219. The van der Waals surface area contributed by atoms with Crippen LogP contribution in [0.2, 0.25) is 0 Å². The molecule has 0 saturated heterocycles. The Bertz CT molecular complexity index is 590. The molecule has 0 amide bonds. The van der Waals surface area contributed by atoms with Gasteiger partial charge in [-0.15, -0.1) is 0 Å². The summed E-state index contributed by atoms with van der Waals surface area (Å²) in [6.45, 7) is -0.504. The number of hydrogen-bond donors (Lipinski definition) is 1. The molecule has 7 heteroatoms. The lowest BCUT2D eigenvalue weighted by atomic mass is 10.2. The van der Waals surface area contributed by atoms with Crippen LogP contribution in [0, 0.1) is 0 Å². The van der Waals surface area contributed by atoms with E-state index in [4.69, 9.17) is 0 Å². The number of nitrogens with zero attached hydrogens (tertiary/aromatic N) is 2. The molecule has 5 nitrogen and oxygen atoms in total. The predicted octanol–water partition coefficient (Wildman–Crippen LogP) is 0.670. The van der Waals surface area contributed by atoms with Crippen molar-refractivity contribution >= 4 is 22.8 Å². The lowest BCUT2D eigenvalue weighted by Crippen LogP contribution is -2.22. The number of alkyl halides is 2. The zero-order chi connectivity index (χ0) is 13.1. The monoisotopic (exact) mass is 252 g/mol. The number of aromatic nitrogens is 2. The molecule has 0 unspecified atom stereocenters. The van der Waals surface area contributed by atoms with Crippen LogP contribution >= 0.6 is 0 Å². The van der Waals surface area contributed by atoms with Gasteiger partial charge in [0, 0.05) is 17.1 Å². The summed E-state index contributed by atoms with van der Waals surface area (Å²) in [6, 6.07) is 4.39. The van der Waals surface area contributed by atoms with Crippen molar-refractivity contribution in [3.63, 3.8) is 0 Å². The fourth-order valence-electron chi connectivity index (χ4n) is 1.40. The largest absolute Gasteiger partial charge is 0.545 e. The van der Waals surface area contributed by atoms with Crippen LogP contribution in [0.1, 0.15) is 10.4 Å². The van der Waals surface area contributed by atoms with Crippen LogP contribution in [-0.2, 0) is 0 Å². The number of hydrogen-bond acceptors (Lipinski definition) is 5. The molecule has 0 aliphatic carbocycles. The van der Waals surface area contributed by atoms with Gasteiger partial charge < -0.3 is 15.2 Å². The molecule has 0 saturated carbocycles. The molecule has 0 spiro atoms. The third-order valence-corrected chi connectivity index (χ3v) is 2.22. The molecule has 94 valence electrons. The van der Waals surface area contributed by atoms with Gasteiger partial charge in [0.1, 0.15) is 5.82 Å². The van der Waals surface area contributed by atoms with Gasteiger partial charge in [0.25, 0.3) is 6.43 Å². The molecule has 0 aliphatic heterocycles. The third kappa shape index (κ3) is 2.68. The second kappa shape index (κ2) is 4.91. The maximum absolute atomic E-state index is 12.0. The van der Waals surface area contributed by atoms with Gasteiger partial charge in [-0.05, 0) is 18.2 Å². The predicted molar refractivity (Wildman–Crippen MR) is 58.4 cm³/mol. The molecule has 2 heterocycles. The minimum absolute atomic E-state index is 0.0578. The number of carboxylic acids is 1. The van der Waals surface area contributed by atoms with E-state index >= 15 is 0 Å². The molecule has 1 N–H and O–H groups in total. The molecule has 0 atom stereocenters. The molecule has 18 heavy (non-hydrogen) atoms. The Kier molecular flexibility index (Phi) is 3.31. The molecule has 0 aromatic carbocycles. The number of halogens is 2. The average molecular weight is 252 g/mol. The number of pyridine rings is 2. The van der Waals surface area contributed by atoms with E-state index in [1.165, 1.54) is 12.1 Å². The number of aromatic carboxylic acids is 1. The van der Waals surface area contributed by atoms with Gasteiger partial charge in [-0.2, -0.15) is 0 Å². The first kappa shape index (κ1) is 12.2. The Balaban J connectivity index is 2.29. The fourth-order valence-corrected chi connectivity index (χ4v) is 1.40. The highest BCUT2D eigenvalue weighted by Gasteiger charge is 2.04. The van der Waals surface area contributed by atoms with Gasteiger partial charge in [0.2, 0.25) is 0 Å². The second-order valence-electron chi connectivity index (χ2n) is 3.53. The maximum atomic E-state index is 12.0. The zero-order valence-electron chi connectivity index (χ0n) is 9.06.